The van der Waals surface area contributed by atoms with Crippen LogP contribution in [0.3, 0.4) is 0 Å². The van der Waals surface area contributed by atoms with Gasteiger partial charge in [-0.1, -0.05) is 0 Å². The fraction of sp³-hybridized carbons (Fsp3) is 0.333. The van der Waals surface area contributed by atoms with Crippen molar-refractivity contribution in [2.24, 2.45) is 0 Å². The van der Waals surface area contributed by atoms with Gasteiger partial charge in [-0.25, -0.2) is 0 Å². The van der Waals surface area contributed by atoms with E-state index >= 15 is 0 Å². The molecule has 1 aromatic rings. The SMILES string of the molecule is OCc1ccn(C(F)(F)F)c1. The molecule has 0 atom stereocenters. The highest BCUT2D eigenvalue weighted by Gasteiger charge is 2.29. The molecule has 0 spiro atoms. The molecule has 2 nitrogen and oxygen atoms in total. The number of aromatic nitrogens is 1. The average molecular weight is 165 g/mol. The third kappa shape index (κ3) is 1.74. The summed E-state index contributed by atoms with van der Waals surface area (Å²) in [5.41, 5.74) is 0.252. The zero-order valence-electron chi connectivity index (χ0n) is 5.47. The third-order valence-electron chi connectivity index (χ3n) is 1.23. The molecule has 1 aromatic heterocycles. The highest BCUT2D eigenvalue weighted by molar-refractivity contribution is 5.09. The Morgan fingerprint density at radius 2 is 2.09 bits per heavy atom. The summed E-state index contributed by atoms with van der Waals surface area (Å²) >= 11 is 0. The molecule has 0 amide bonds. The van der Waals surface area contributed by atoms with Gasteiger partial charge in [0.15, 0.2) is 0 Å². The van der Waals surface area contributed by atoms with E-state index < -0.39 is 6.30 Å². The molecular weight excluding hydrogens is 159 g/mol. The lowest BCUT2D eigenvalue weighted by molar-refractivity contribution is -0.203. The van der Waals surface area contributed by atoms with Gasteiger partial charge in [0.2, 0.25) is 0 Å². The fourth-order valence-corrected chi connectivity index (χ4v) is 0.692. The van der Waals surface area contributed by atoms with Crippen molar-refractivity contribution in [2.75, 3.05) is 0 Å². The van der Waals surface area contributed by atoms with Crippen LogP contribution in [0.5, 0.6) is 0 Å². The lowest BCUT2D eigenvalue weighted by Crippen LogP contribution is -2.13. The number of aliphatic hydroxyl groups is 1. The van der Waals surface area contributed by atoms with Gasteiger partial charge in [0.1, 0.15) is 0 Å². The lowest BCUT2D eigenvalue weighted by Gasteiger charge is -2.05. The largest absolute Gasteiger partial charge is 0.488 e. The van der Waals surface area contributed by atoms with Gasteiger partial charge < -0.3 is 5.11 Å². The first-order valence-electron chi connectivity index (χ1n) is 2.89. The van der Waals surface area contributed by atoms with E-state index in [4.69, 9.17) is 5.11 Å². The number of aliphatic hydroxyl groups excluding tert-OH is 1. The molecule has 1 heterocycles. The van der Waals surface area contributed by atoms with Gasteiger partial charge in [0.05, 0.1) is 6.61 Å². The van der Waals surface area contributed by atoms with E-state index in [-0.39, 0.29) is 16.7 Å². The second kappa shape index (κ2) is 2.58. The van der Waals surface area contributed by atoms with Crippen LogP contribution in [-0.4, -0.2) is 9.67 Å². The van der Waals surface area contributed by atoms with Crippen LogP contribution in [0.1, 0.15) is 5.56 Å². The number of hydrogen-bond acceptors (Lipinski definition) is 1. The van der Waals surface area contributed by atoms with Crippen molar-refractivity contribution >= 4 is 0 Å². The monoisotopic (exact) mass is 165 g/mol. The maximum absolute atomic E-state index is 11.8. The predicted octanol–water partition coefficient (Wildman–Crippen LogP) is 1.46. The van der Waals surface area contributed by atoms with Gasteiger partial charge in [-0.3, -0.25) is 4.57 Å². The summed E-state index contributed by atoms with van der Waals surface area (Å²) in [5.74, 6) is 0. The van der Waals surface area contributed by atoms with Crippen molar-refractivity contribution in [1.29, 1.82) is 0 Å². The Balaban J connectivity index is 2.89. The van der Waals surface area contributed by atoms with E-state index in [1.807, 2.05) is 0 Å². The molecule has 0 fully saturated rings. The average Bonchev–Trinajstić information content (AvgIpc) is 2.32. The third-order valence-corrected chi connectivity index (χ3v) is 1.23. The van der Waals surface area contributed by atoms with Gasteiger partial charge in [-0.2, -0.15) is 0 Å². The van der Waals surface area contributed by atoms with E-state index in [1.54, 1.807) is 0 Å². The van der Waals surface area contributed by atoms with E-state index in [0.717, 1.165) is 12.4 Å². The van der Waals surface area contributed by atoms with Crippen LogP contribution in [-0.2, 0) is 12.9 Å². The number of hydrogen-bond donors (Lipinski definition) is 1. The zero-order valence-corrected chi connectivity index (χ0v) is 5.47. The minimum atomic E-state index is -4.38. The fourth-order valence-electron chi connectivity index (χ4n) is 0.692. The Morgan fingerprint density at radius 3 is 2.36 bits per heavy atom. The summed E-state index contributed by atoms with van der Waals surface area (Å²) in [4.78, 5) is 0. The number of nitrogens with zero attached hydrogens (tertiary/aromatic N) is 1. The molecule has 0 radical (unpaired) electrons. The Hall–Kier alpha value is -0.970. The maximum Gasteiger partial charge on any atom is 0.488 e. The van der Waals surface area contributed by atoms with E-state index in [2.05, 4.69) is 0 Å². The molecule has 0 saturated heterocycles. The van der Waals surface area contributed by atoms with Gasteiger partial charge in [-0.05, 0) is 11.6 Å². The van der Waals surface area contributed by atoms with Crippen molar-refractivity contribution < 1.29 is 18.3 Å². The minimum Gasteiger partial charge on any atom is -0.392 e. The molecule has 0 saturated carbocycles. The second-order valence-corrected chi connectivity index (χ2v) is 2.05. The topological polar surface area (TPSA) is 25.2 Å². The Morgan fingerprint density at radius 1 is 1.45 bits per heavy atom. The Kier molecular flexibility index (Phi) is 1.90. The summed E-state index contributed by atoms with van der Waals surface area (Å²) in [6, 6.07) is 1.22. The molecular formula is C6H6F3NO. The number of rotatable bonds is 1. The van der Waals surface area contributed by atoms with E-state index in [1.165, 1.54) is 6.07 Å². The summed E-state index contributed by atoms with van der Waals surface area (Å²) in [6.45, 7) is -0.372. The zero-order chi connectivity index (χ0) is 8.48. The van der Waals surface area contributed by atoms with Crippen molar-refractivity contribution in [1.82, 2.24) is 4.57 Å². The van der Waals surface area contributed by atoms with Gasteiger partial charge in [0, 0.05) is 12.4 Å². The molecule has 5 heteroatoms. The normalized spacial score (nSPS) is 12.0. The molecule has 0 bridgehead atoms. The molecule has 1 rings (SSSR count). The minimum absolute atomic E-state index is 0.0958. The summed E-state index contributed by atoms with van der Waals surface area (Å²) < 4.78 is 35.6. The van der Waals surface area contributed by atoms with Crippen molar-refractivity contribution in [3.63, 3.8) is 0 Å². The maximum atomic E-state index is 11.8. The highest BCUT2D eigenvalue weighted by atomic mass is 19.4. The predicted molar refractivity (Wildman–Crippen MR) is 31.7 cm³/mol. The van der Waals surface area contributed by atoms with E-state index in [9.17, 15) is 13.2 Å². The van der Waals surface area contributed by atoms with Crippen LogP contribution < -0.4 is 0 Å². The summed E-state index contributed by atoms with van der Waals surface area (Å²) in [5, 5.41) is 8.44. The first-order chi connectivity index (χ1) is 5.04. The molecule has 0 aliphatic carbocycles. The quantitative estimate of drug-likeness (QED) is 0.669. The van der Waals surface area contributed by atoms with Gasteiger partial charge in [0.25, 0.3) is 0 Å². The van der Waals surface area contributed by atoms with Crippen LogP contribution in [0.15, 0.2) is 18.5 Å². The van der Waals surface area contributed by atoms with E-state index in [0.29, 0.717) is 0 Å². The van der Waals surface area contributed by atoms with Crippen LogP contribution in [0.25, 0.3) is 0 Å². The second-order valence-electron chi connectivity index (χ2n) is 2.05. The van der Waals surface area contributed by atoms with Crippen LogP contribution >= 0.6 is 0 Å². The number of alkyl halides is 3. The molecule has 0 aliphatic rings. The molecule has 62 valence electrons. The van der Waals surface area contributed by atoms with Crippen LogP contribution in [0.4, 0.5) is 13.2 Å². The standard InChI is InChI=1S/C6H6F3NO/c7-6(8,9)10-2-1-5(3-10)4-11/h1-3,11H,4H2. The first kappa shape index (κ1) is 8.13. The van der Waals surface area contributed by atoms with Crippen LogP contribution in [0.2, 0.25) is 0 Å². The Bertz CT molecular complexity index is 240. The molecule has 1 N–H and O–H groups in total. The molecule has 11 heavy (non-hydrogen) atoms. The van der Waals surface area contributed by atoms with Crippen LogP contribution in [0, 0.1) is 0 Å². The smallest absolute Gasteiger partial charge is 0.392 e. The first-order valence-corrected chi connectivity index (χ1v) is 2.89. The highest BCUT2D eigenvalue weighted by Crippen LogP contribution is 2.22. The summed E-state index contributed by atoms with van der Waals surface area (Å²) in [6.07, 6.45) is -2.67. The van der Waals surface area contributed by atoms with Crippen molar-refractivity contribution in [3.8, 4) is 0 Å². The molecule has 0 aromatic carbocycles. The lowest BCUT2D eigenvalue weighted by atomic mass is 10.4. The molecule has 0 aliphatic heterocycles. The summed E-state index contributed by atoms with van der Waals surface area (Å²) in [7, 11) is 0. The van der Waals surface area contributed by atoms with Crippen molar-refractivity contribution in [3.05, 3.63) is 24.0 Å². The van der Waals surface area contributed by atoms with Gasteiger partial charge >= 0.3 is 6.30 Å². The van der Waals surface area contributed by atoms with Gasteiger partial charge in [-0.15, -0.1) is 13.2 Å². The van der Waals surface area contributed by atoms with Crippen molar-refractivity contribution in [2.45, 2.75) is 12.9 Å². The Labute approximate surface area is 60.9 Å². The number of halogens is 3. The molecule has 0 unspecified atom stereocenters.